The molecule has 7 nitrogen and oxygen atoms in total. The highest BCUT2D eigenvalue weighted by Gasteiger charge is 2.12. The number of fused-ring (bicyclic) bond motifs is 1. The maximum Gasteiger partial charge on any atom is 0.337 e. The maximum absolute atomic E-state index is 11.4. The molecule has 0 unspecified atom stereocenters. The van der Waals surface area contributed by atoms with Crippen LogP contribution in [-0.4, -0.2) is 39.5 Å². The predicted molar refractivity (Wildman–Crippen MR) is 84.5 cm³/mol. The van der Waals surface area contributed by atoms with Gasteiger partial charge in [-0.05, 0) is 30.5 Å². The number of aromatic amines is 1. The molecule has 0 saturated heterocycles. The summed E-state index contributed by atoms with van der Waals surface area (Å²) in [5, 5.41) is 12.0. The van der Waals surface area contributed by atoms with E-state index in [1.54, 1.807) is 24.3 Å². The molecule has 22 heavy (non-hydrogen) atoms. The van der Waals surface area contributed by atoms with Crippen molar-refractivity contribution >= 4 is 40.3 Å². The number of hydrogen-bond donors (Lipinski definition) is 2. The molecule has 0 amide bonds. The Kier molecular flexibility index (Phi) is 3.92. The van der Waals surface area contributed by atoms with Gasteiger partial charge >= 0.3 is 5.97 Å². The van der Waals surface area contributed by atoms with Crippen molar-refractivity contribution in [1.29, 1.82) is 0 Å². The molecular weight excluding hydrogens is 302 g/mol. The summed E-state index contributed by atoms with van der Waals surface area (Å²) in [4.78, 5) is 19.9. The third-order valence-corrected chi connectivity index (χ3v) is 3.77. The van der Waals surface area contributed by atoms with Crippen LogP contribution in [0.4, 0.5) is 11.5 Å². The van der Waals surface area contributed by atoms with Crippen LogP contribution in [-0.2, 0) is 4.74 Å². The van der Waals surface area contributed by atoms with Crippen LogP contribution in [0.15, 0.2) is 35.6 Å². The van der Waals surface area contributed by atoms with Crippen molar-refractivity contribution in [2.24, 2.45) is 0 Å². The second-order valence-corrected chi connectivity index (χ2v) is 5.17. The van der Waals surface area contributed by atoms with Crippen LogP contribution >= 0.6 is 11.8 Å². The number of esters is 1. The van der Waals surface area contributed by atoms with Crippen molar-refractivity contribution in [2.45, 2.75) is 5.03 Å². The van der Waals surface area contributed by atoms with Crippen LogP contribution in [0.2, 0.25) is 0 Å². The highest BCUT2D eigenvalue weighted by atomic mass is 32.2. The van der Waals surface area contributed by atoms with E-state index in [4.69, 9.17) is 0 Å². The number of aromatic nitrogens is 4. The van der Waals surface area contributed by atoms with E-state index < -0.39 is 0 Å². The van der Waals surface area contributed by atoms with E-state index in [1.165, 1.54) is 25.2 Å². The first-order valence-electron chi connectivity index (χ1n) is 6.41. The lowest BCUT2D eigenvalue weighted by Crippen LogP contribution is -2.01. The zero-order valence-corrected chi connectivity index (χ0v) is 12.8. The van der Waals surface area contributed by atoms with Gasteiger partial charge < -0.3 is 10.1 Å². The van der Waals surface area contributed by atoms with E-state index in [1.807, 2.05) is 6.26 Å². The Hall–Kier alpha value is -2.61. The summed E-state index contributed by atoms with van der Waals surface area (Å²) >= 11 is 1.52. The summed E-state index contributed by atoms with van der Waals surface area (Å²) in [5.74, 6) is 0.296. The van der Waals surface area contributed by atoms with Gasteiger partial charge in [-0.15, -0.1) is 11.8 Å². The molecule has 1 aromatic carbocycles. The van der Waals surface area contributed by atoms with Crippen LogP contribution in [0.25, 0.3) is 11.0 Å². The number of H-pyrrole nitrogens is 1. The molecule has 0 saturated carbocycles. The Bertz CT molecular complexity index is 816. The quantitative estimate of drug-likeness (QED) is 0.564. The minimum atomic E-state index is -0.365. The van der Waals surface area contributed by atoms with Gasteiger partial charge in [-0.2, -0.15) is 5.10 Å². The summed E-state index contributed by atoms with van der Waals surface area (Å²) in [6, 6.07) is 6.97. The lowest BCUT2D eigenvalue weighted by Gasteiger charge is -2.07. The Balaban J connectivity index is 1.93. The molecule has 2 aromatic heterocycles. The van der Waals surface area contributed by atoms with Crippen molar-refractivity contribution in [3.05, 3.63) is 36.2 Å². The number of methoxy groups -OCH3 is 1. The first-order valence-corrected chi connectivity index (χ1v) is 7.64. The number of benzene rings is 1. The fourth-order valence-electron chi connectivity index (χ4n) is 2.02. The van der Waals surface area contributed by atoms with Gasteiger partial charge in [0.2, 0.25) is 0 Å². The topological polar surface area (TPSA) is 92.8 Å². The average Bonchev–Trinajstić information content (AvgIpc) is 2.99. The largest absolute Gasteiger partial charge is 0.465 e. The van der Waals surface area contributed by atoms with Crippen molar-refractivity contribution in [2.75, 3.05) is 18.7 Å². The average molecular weight is 315 g/mol. The number of nitrogens with one attached hydrogen (secondary N) is 2. The van der Waals surface area contributed by atoms with E-state index in [-0.39, 0.29) is 5.97 Å². The summed E-state index contributed by atoms with van der Waals surface area (Å²) in [5.41, 5.74) is 1.97. The van der Waals surface area contributed by atoms with E-state index in [0.29, 0.717) is 17.0 Å². The van der Waals surface area contributed by atoms with E-state index in [2.05, 4.69) is 30.2 Å². The number of carbonyl (C=O) groups is 1. The first-order chi connectivity index (χ1) is 10.7. The van der Waals surface area contributed by atoms with Crippen LogP contribution in [0.5, 0.6) is 0 Å². The van der Waals surface area contributed by atoms with Gasteiger partial charge in [0, 0.05) is 5.69 Å². The molecule has 2 heterocycles. The normalized spacial score (nSPS) is 10.6. The molecule has 8 heteroatoms. The first kappa shape index (κ1) is 14.3. The molecular formula is C14H13N5O2S. The summed E-state index contributed by atoms with van der Waals surface area (Å²) in [6.45, 7) is 0. The van der Waals surface area contributed by atoms with Crippen molar-refractivity contribution < 1.29 is 9.53 Å². The summed E-state index contributed by atoms with van der Waals surface area (Å²) in [7, 11) is 1.36. The Morgan fingerprint density at radius 3 is 2.73 bits per heavy atom. The van der Waals surface area contributed by atoms with Crippen LogP contribution in [0.1, 0.15) is 10.4 Å². The molecule has 0 radical (unpaired) electrons. The number of anilines is 2. The number of ether oxygens (including phenoxy) is 1. The van der Waals surface area contributed by atoms with E-state index >= 15 is 0 Å². The molecule has 2 N–H and O–H groups in total. The van der Waals surface area contributed by atoms with E-state index in [9.17, 15) is 4.79 Å². The molecule has 0 aliphatic carbocycles. The lowest BCUT2D eigenvalue weighted by molar-refractivity contribution is 0.0601. The highest BCUT2D eigenvalue weighted by molar-refractivity contribution is 7.98. The molecule has 0 aliphatic rings. The fraction of sp³-hybridized carbons (Fsp3) is 0.143. The third kappa shape index (κ3) is 2.60. The van der Waals surface area contributed by atoms with Crippen LogP contribution in [0.3, 0.4) is 0 Å². The smallest absolute Gasteiger partial charge is 0.337 e. The minimum absolute atomic E-state index is 0.365. The fourth-order valence-corrected chi connectivity index (χ4v) is 2.55. The molecule has 0 fully saturated rings. The maximum atomic E-state index is 11.4. The standard InChI is InChI=1S/C14H13N5O2S/c1-21-14(20)8-3-5-9(6-4-8)17-11-10-12(16-7-15-11)18-19-13(10)22-2/h3-7H,1-2H3,(H2,15,16,17,18,19). The van der Waals surface area contributed by atoms with Crippen molar-refractivity contribution in [1.82, 2.24) is 20.2 Å². The number of rotatable bonds is 4. The van der Waals surface area contributed by atoms with E-state index in [0.717, 1.165) is 16.1 Å². The lowest BCUT2D eigenvalue weighted by atomic mass is 10.2. The second-order valence-electron chi connectivity index (χ2n) is 4.37. The number of nitrogens with zero attached hydrogens (tertiary/aromatic N) is 3. The molecule has 3 rings (SSSR count). The zero-order valence-electron chi connectivity index (χ0n) is 12.0. The van der Waals surface area contributed by atoms with Gasteiger partial charge in [0.25, 0.3) is 0 Å². The van der Waals surface area contributed by atoms with Gasteiger partial charge in [-0.1, -0.05) is 0 Å². The highest BCUT2D eigenvalue weighted by Crippen LogP contribution is 2.29. The molecule has 0 bridgehead atoms. The minimum Gasteiger partial charge on any atom is -0.465 e. The molecule has 3 aromatic rings. The molecule has 0 spiro atoms. The summed E-state index contributed by atoms with van der Waals surface area (Å²) < 4.78 is 4.68. The zero-order chi connectivity index (χ0) is 15.5. The van der Waals surface area contributed by atoms with Crippen LogP contribution in [0, 0.1) is 0 Å². The molecule has 0 aliphatic heterocycles. The van der Waals surface area contributed by atoms with Crippen molar-refractivity contribution in [3.8, 4) is 0 Å². The van der Waals surface area contributed by atoms with Crippen molar-refractivity contribution in [3.63, 3.8) is 0 Å². The summed E-state index contributed by atoms with van der Waals surface area (Å²) in [6.07, 6.45) is 3.41. The Labute approximate surface area is 130 Å². The Morgan fingerprint density at radius 2 is 2.05 bits per heavy atom. The number of thioether (sulfide) groups is 1. The van der Waals surface area contributed by atoms with Crippen LogP contribution < -0.4 is 5.32 Å². The third-order valence-electron chi connectivity index (χ3n) is 3.09. The number of hydrogen-bond acceptors (Lipinski definition) is 7. The molecule has 0 atom stereocenters. The van der Waals surface area contributed by atoms with Gasteiger partial charge in [-0.25, -0.2) is 14.8 Å². The monoisotopic (exact) mass is 315 g/mol. The van der Waals surface area contributed by atoms with Gasteiger partial charge in [-0.3, -0.25) is 5.10 Å². The number of carbonyl (C=O) groups excluding carboxylic acids is 1. The van der Waals surface area contributed by atoms with Gasteiger partial charge in [0.1, 0.15) is 17.2 Å². The second kappa shape index (κ2) is 6.02. The SMILES string of the molecule is COC(=O)c1ccc(Nc2ncnc3[nH]nc(SC)c23)cc1. The Morgan fingerprint density at radius 1 is 1.27 bits per heavy atom. The predicted octanol–water partition coefficient (Wildman–Crippen LogP) is 2.61. The van der Waals surface area contributed by atoms with Gasteiger partial charge in [0.15, 0.2) is 5.65 Å². The molecule has 112 valence electrons. The van der Waals surface area contributed by atoms with Gasteiger partial charge in [0.05, 0.1) is 18.1 Å².